The van der Waals surface area contributed by atoms with Gasteiger partial charge in [0, 0.05) is 11.9 Å². The summed E-state index contributed by atoms with van der Waals surface area (Å²) in [6.45, 7) is 3.81. The number of rotatable bonds is 4. The van der Waals surface area contributed by atoms with Crippen molar-refractivity contribution in [3.8, 4) is 0 Å². The summed E-state index contributed by atoms with van der Waals surface area (Å²) in [5.74, 6) is 0.990. The van der Waals surface area contributed by atoms with Crippen molar-refractivity contribution >= 4 is 22.3 Å². The first-order valence-electron chi connectivity index (χ1n) is 6.03. The number of thiophene rings is 1. The van der Waals surface area contributed by atoms with E-state index in [4.69, 9.17) is 4.42 Å². The van der Waals surface area contributed by atoms with E-state index in [2.05, 4.69) is 35.1 Å². The minimum atomic E-state index is 0.768. The first-order chi connectivity index (χ1) is 8.83. The average Bonchev–Trinajstić information content (AvgIpc) is 2.96. The van der Waals surface area contributed by atoms with Gasteiger partial charge in [-0.1, -0.05) is 18.2 Å². The lowest BCUT2D eigenvalue weighted by Gasteiger charge is -2.01. The number of furan rings is 1. The van der Waals surface area contributed by atoms with Crippen LogP contribution in [0.2, 0.25) is 0 Å². The summed E-state index contributed by atoms with van der Waals surface area (Å²) in [5.41, 5.74) is 3.69. The lowest BCUT2D eigenvalue weighted by molar-refractivity contribution is 0.513. The van der Waals surface area contributed by atoms with E-state index in [9.17, 15) is 0 Å². The van der Waals surface area contributed by atoms with Gasteiger partial charge in [-0.25, -0.2) is 0 Å². The maximum atomic E-state index is 5.76. The highest BCUT2D eigenvalue weighted by Crippen LogP contribution is 2.19. The van der Waals surface area contributed by atoms with E-state index in [0.717, 1.165) is 24.4 Å². The molecule has 1 aromatic carbocycles. The van der Waals surface area contributed by atoms with Crippen molar-refractivity contribution in [2.75, 3.05) is 0 Å². The number of benzene rings is 1. The first-order valence-corrected chi connectivity index (χ1v) is 6.97. The molecule has 2 nitrogen and oxygen atoms in total. The van der Waals surface area contributed by atoms with Gasteiger partial charge in [-0.15, -0.1) is 0 Å². The number of nitrogens with one attached hydrogen (secondary N) is 1. The van der Waals surface area contributed by atoms with Crippen molar-refractivity contribution in [1.29, 1.82) is 0 Å². The van der Waals surface area contributed by atoms with Crippen LogP contribution in [0.1, 0.15) is 16.9 Å². The molecule has 3 rings (SSSR count). The molecule has 0 aliphatic carbocycles. The molecule has 0 aliphatic heterocycles. The fourth-order valence-electron chi connectivity index (χ4n) is 2.01. The highest BCUT2D eigenvalue weighted by atomic mass is 32.1. The van der Waals surface area contributed by atoms with Crippen LogP contribution in [0, 0.1) is 6.92 Å². The fraction of sp³-hybridized carbons (Fsp3) is 0.200. The number of para-hydroxylation sites is 1. The zero-order chi connectivity index (χ0) is 12.4. The van der Waals surface area contributed by atoms with Crippen molar-refractivity contribution in [2.24, 2.45) is 0 Å². The summed E-state index contributed by atoms with van der Waals surface area (Å²) in [7, 11) is 0. The second kappa shape index (κ2) is 4.96. The zero-order valence-corrected chi connectivity index (χ0v) is 11.1. The van der Waals surface area contributed by atoms with Crippen molar-refractivity contribution in [2.45, 2.75) is 20.0 Å². The fourth-order valence-corrected chi connectivity index (χ4v) is 2.87. The lowest BCUT2D eigenvalue weighted by Crippen LogP contribution is -2.12. The molecule has 2 heterocycles. The van der Waals surface area contributed by atoms with Gasteiger partial charge in [0.1, 0.15) is 11.3 Å². The number of aryl methyl sites for hydroxylation is 1. The van der Waals surface area contributed by atoms with E-state index in [0.29, 0.717) is 0 Å². The van der Waals surface area contributed by atoms with Gasteiger partial charge >= 0.3 is 0 Å². The Kier molecular flexibility index (Phi) is 3.17. The van der Waals surface area contributed by atoms with Gasteiger partial charge in [0.15, 0.2) is 0 Å². The van der Waals surface area contributed by atoms with E-state index in [1.165, 1.54) is 16.5 Å². The largest absolute Gasteiger partial charge is 0.460 e. The van der Waals surface area contributed by atoms with Crippen molar-refractivity contribution in [1.82, 2.24) is 5.32 Å². The molecule has 0 atom stereocenters. The summed E-state index contributed by atoms with van der Waals surface area (Å²) >= 11 is 1.75. The van der Waals surface area contributed by atoms with Crippen molar-refractivity contribution in [3.05, 3.63) is 58.0 Å². The average molecular weight is 257 g/mol. The van der Waals surface area contributed by atoms with Crippen molar-refractivity contribution in [3.63, 3.8) is 0 Å². The second-order valence-electron chi connectivity index (χ2n) is 4.43. The molecule has 92 valence electrons. The predicted octanol–water partition coefficient (Wildman–Crippen LogP) is 4.09. The molecule has 0 aliphatic rings. The van der Waals surface area contributed by atoms with Crippen LogP contribution in [0.4, 0.5) is 0 Å². The molecule has 2 aromatic heterocycles. The Bertz CT molecular complexity index is 620. The van der Waals surface area contributed by atoms with Crippen LogP contribution in [0.25, 0.3) is 11.0 Å². The molecular weight excluding hydrogens is 242 g/mol. The van der Waals surface area contributed by atoms with E-state index in [-0.39, 0.29) is 0 Å². The first kappa shape index (κ1) is 11.5. The molecule has 3 aromatic rings. The number of hydrogen-bond donors (Lipinski definition) is 1. The van der Waals surface area contributed by atoms with Crippen LogP contribution in [0.3, 0.4) is 0 Å². The Labute approximate surface area is 110 Å². The maximum absolute atomic E-state index is 5.76. The Hall–Kier alpha value is -1.58. The Balaban J connectivity index is 1.65. The zero-order valence-electron chi connectivity index (χ0n) is 10.3. The van der Waals surface area contributed by atoms with E-state index in [1.54, 1.807) is 11.3 Å². The summed E-state index contributed by atoms with van der Waals surface area (Å²) in [6.07, 6.45) is 0. The molecule has 0 amide bonds. The van der Waals surface area contributed by atoms with Crippen LogP contribution >= 0.6 is 11.3 Å². The SMILES string of the molecule is Cc1cscc1CNCc1cc2ccccc2o1. The molecule has 0 radical (unpaired) electrons. The minimum Gasteiger partial charge on any atom is -0.460 e. The topological polar surface area (TPSA) is 25.2 Å². The van der Waals surface area contributed by atoms with Gasteiger partial charge in [-0.3, -0.25) is 0 Å². The smallest absolute Gasteiger partial charge is 0.134 e. The molecule has 3 heteroatoms. The molecule has 0 saturated heterocycles. The molecule has 0 saturated carbocycles. The molecular formula is C15H15NOS. The van der Waals surface area contributed by atoms with Gasteiger partial charge in [0.05, 0.1) is 6.54 Å². The summed E-state index contributed by atoms with van der Waals surface area (Å²) in [6, 6.07) is 10.2. The monoisotopic (exact) mass is 257 g/mol. The Morgan fingerprint density at radius 2 is 2.06 bits per heavy atom. The van der Waals surface area contributed by atoms with E-state index >= 15 is 0 Å². The van der Waals surface area contributed by atoms with Crippen LogP contribution in [-0.4, -0.2) is 0 Å². The quantitative estimate of drug-likeness (QED) is 0.761. The third-order valence-corrected chi connectivity index (χ3v) is 3.96. The number of fused-ring (bicyclic) bond motifs is 1. The summed E-state index contributed by atoms with van der Waals surface area (Å²) < 4.78 is 5.76. The third-order valence-electron chi connectivity index (χ3n) is 3.05. The number of hydrogen-bond acceptors (Lipinski definition) is 3. The Morgan fingerprint density at radius 3 is 2.83 bits per heavy atom. The van der Waals surface area contributed by atoms with E-state index in [1.807, 2.05) is 18.2 Å². The van der Waals surface area contributed by atoms with Gasteiger partial charge in [-0.05, 0) is 40.9 Å². The van der Waals surface area contributed by atoms with Gasteiger partial charge in [-0.2, -0.15) is 11.3 Å². The third kappa shape index (κ3) is 2.33. The predicted molar refractivity (Wildman–Crippen MR) is 75.8 cm³/mol. The van der Waals surface area contributed by atoms with E-state index < -0.39 is 0 Å². The van der Waals surface area contributed by atoms with Crippen LogP contribution in [0.5, 0.6) is 0 Å². The van der Waals surface area contributed by atoms with Gasteiger partial charge in [0.25, 0.3) is 0 Å². The standard InChI is InChI=1S/C15H15NOS/c1-11-9-18-10-13(11)7-16-8-14-6-12-4-2-3-5-15(12)17-14/h2-6,9-10,16H,7-8H2,1H3. The highest BCUT2D eigenvalue weighted by Gasteiger charge is 2.03. The molecule has 0 spiro atoms. The summed E-state index contributed by atoms with van der Waals surface area (Å²) in [4.78, 5) is 0. The summed E-state index contributed by atoms with van der Waals surface area (Å²) in [5, 5.41) is 8.96. The maximum Gasteiger partial charge on any atom is 0.134 e. The molecule has 18 heavy (non-hydrogen) atoms. The molecule has 0 unspecified atom stereocenters. The van der Waals surface area contributed by atoms with Gasteiger partial charge < -0.3 is 9.73 Å². The molecule has 0 fully saturated rings. The van der Waals surface area contributed by atoms with Crippen LogP contribution < -0.4 is 5.32 Å². The van der Waals surface area contributed by atoms with Crippen LogP contribution in [-0.2, 0) is 13.1 Å². The van der Waals surface area contributed by atoms with Gasteiger partial charge in [0.2, 0.25) is 0 Å². The van der Waals surface area contributed by atoms with Crippen molar-refractivity contribution < 1.29 is 4.42 Å². The second-order valence-corrected chi connectivity index (χ2v) is 5.18. The molecule has 1 N–H and O–H groups in total. The Morgan fingerprint density at radius 1 is 1.17 bits per heavy atom. The van der Waals surface area contributed by atoms with Crippen LogP contribution in [0.15, 0.2) is 45.5 Å². The molecule has 0 bridgehead atoms. The minimum absolute atomic E-state index is 0.768. The lowest BCUT2D eigenvalue weighted by atomic mass is 10.2. The normalized spacial score (nSPS) is 11.2. The highest BCUT2D eigenvalue weighted by molar-refractivity contribution is 7.08.